The molecule has 0 spiro atoms. The van der Waals surface area contributed by atoms with Gasteiger partial charge in [-0.25, -0.2) is 0 Å². The van der Waals surface area contributed by atoms with Crippen LogP contribution in [0.15, 0.2) is 36.9 Å². The highest BCUT2D eigenvalue weighted by molar-refractivity contribution is 5.27. The molecule has 1 aromatic carbocycles. The first-order valence-electron chi connectivity index (χ1n) is 8.87. The molecule has 0 N–H and O–H groups in total. The Hall–Kier alpha value is -1.29. The fourth-order valence-corrected chi connectivity index (χ4v) is 4.45. The summed E-state index contributed by atoms with van der Waals surface area (Å²) < 4.78 is 43.9. The van der Waals surface area contributed by atoms with E-state index in [4.69, 9.17) is 4.74 Å². The van der Waals surface area contributed by atoms with Crippen LogP contribution in [0.1, 0.15) is 55.6 Å². The molecule has 2 saturated carbocycles. The van der Waals surface area contributed by atoms with Gasteiger partial charge in [-0.3, -0.25) is 0 Å². The Kier molecular flexibility index (Phi) is 5.33. The second kappa shape index (κ2) is 7.30. The molecule has 0 aliphatic heterocycles. The van der Waals surface area contributed by atoms with Crippen molar-refractivity contribution < 1.29 is 17.9 Å². The van der Waals surface area contributed by atoms with Crippen molar-refractivity contribution in [3.63, 3.8) is 0 Å². The second-order valence-electron chi connectivity index (χ2n) is 7.21. The minimum absolute atomic E-state index is 0.354. The Bertz CT molecular complexity index is 549. The molecule has 1 nitrogen and oxygen atoms in total. The van der Waals surface area contributed by atoms with Gasteiger partial charge in [-0.15, -0.1) is 6.58 Å². The SMILES string of the molecule is C=CCOC1CCC2CC(c3ccc(C(F)(F)F)cc3)CCC2C1. The summed E-state index contributed by atoms with van der Waals surface area (Å²) in [7, 11) is 0. The molecular weight excluding hydrogens is 313 g/mol. The van der Waals surface area contributed by atoms with Crippen LogP contribution in [0.2, 0.25) is 0 Å². The summed E-state index contributed by atoms with van der Waals surface area (Å²) in [6.45, 7) is 4.32. The number of benzene rings is 1. The van der Waals surface area contributed by atoms with Gasteiger partial charge in [-0.2, -0.15) is 13.2 Å². The van der Waals surface area contributed by atoms with Crippen molar-refractivity contribution in [1.29, 1.82) is 0 Å². The van der Waals surface area contributed by atoms with E-state index in [9.17, 15) is 13.2 Å². The van der Waals surface area contributed by atoms with E-state index in [1.165, 1.54) is 18.6 Å². The third-order valence-electron chi connectivity index (χ3n) is 5.72. The molecule has 4 heteroatoms. The van der Waals surface area contributed by atoms with Crippen LogP contribution in [0.5, 0.6) is 0 Å². The lowest BCUT2D eigenvalue weighted by atomic mass is 9.65. The minimum Gasteiger partial charge on any atom is -0.374 e. The summed E-state index contributed by atoms with van der Waals surface area (Å²) in [5, 5.41) is 0. The molecule has 132 valence electrons. The molecule has 3 rings (SSSR count). The van der Waals surface area contributed by atoms with Crippen molar-refractivity contribution in [3.8, 4) is 0 Å². The van der Waals surface area contributed by atoms with E-state index in [-0.39, 0.29) is 0 Å². The first-order chi connectivity index (χ1) is 11.5. The third-order valence-corrected chi connectivity index (χ3v) is 5.72. The monoisotopic (exact) mass is 338 g/mol. The number of hydrogen-bond acceptors (Lipinski definition) is 1. The fourth-order valence-electron chi connectivity index (χ4n) is 4.45. The molecule has 0 radical (unpaired) electrons. The maximum Gasteiger partial charge on any atom is 0.416 e. The number of halogens is 3. The average molecular weight is 338 g/mol. The van der Waals surface area contributed by atoms with Crippen molar-refractivity contribution >= 4 is 0 Å². The maximum atomic E-state index is 12.7. The Balaban J connectivity index is 1.59. The number of fused-ring (bicyclic) bond motifs is 1. The molecule has 0 aromatic heterocycles. The van der Waals surface area contributed by atoms with Crippen LogP contribution in [0.4, 0.5) is 13.2 Å². The Morgan fingerprint density at radius 3 is 2.33 bits per heavy atom. The molecule has 0 amide bonds. The van der Waals surface area contributed by atoms with E-state index < -0.39 is 11.7 Å². The molecule has 0 bridgehead atoms. The van der Waals surface area contributed by atoms with Gasteiger partial charge in [0.2, 0.25) is 0 Å². The van der Waals surface area contributed by atoms with Gasteiger partial charge in [-0.05, 0) is 74.0 Å². The van der Waals surface area contributed by atoms with Crippen LogP contribution in [-0.4, -0.2) is 12.7 Å². The number of alkyl halides is 3. The van der Waals surface area contributed by atoms with Gasteiger partial charge in [0, 0.05) is 0 Å². The normalized spacial score (nSPS) is 30.6. The highest BCUT2D eigenvalue weighted by Crippen LogP contribution is 2.46. The number of rotatable bonds is 4. The van der Waals surface area contributed by atoms with Crippen LogP contribution >= 0.6 is 0 Å². The smallest absolute Gasteiger partial charge is 0.374 e. The van der Waals surface area contributed by atoms with E-state index in [1.54, 1.807) is 18.2 Å². The molecule has 2 fully saturated rings. The number of hydrogen-bond donors (Lipinski definition) is 0. The van der Waals surface area contributed by atoms with Crippen LogP contribution < -0.4 is 0 Å². The maximum absolute atomic E-state index is 12.7. The topological polar surface area (TPSA) is 9.23 Å². The average Bonchev–Trinajstić information content (AvgIpc) is 2.58. The zero-order valence-electron chi connectivity index (χ0n) is 13.9. The molecule has 2 aliphatic rings. The van der Waals surface area contributed by atoms with Gasteiger partial charge in [0.25, 0.3) is 0 Å². The van der Waals surface area contributed by atoms with Crippen molar-refractivity contribution in [2.24, 2.45) is 11.8 Å². The van der Waals surface area contributed by atoms with Gasteiger partial charge >= 0.3 is 6.18 Å². The second-order valence-corrected chi connectivity index (χ2v) is 7.21. The molecule has 0 heterocycles. The Labute approximate surface area is 141 Å². The van der Waals surface area contributed by atoms with Gasteiger partial charge in [0.05, 0.1) is 18.3 Å². The molecule has 1 aromatic rings. The molecule has 0 saturated heterocycles. The molecule has 4 unspecified atom stereocenters. The standard InChI is InChI=1S/C20H25F3O/c1-2-11-24-19-10-7-16-12-15(3-4-17(16)13-19)14-5-8-18(9-6-14)20(21,22)23/h2,5-6,8-9,15-17,19H,1,3-4,7,10-13H2. The van der Waals surface area contributed by atoms with Crippen molar-refractivity contribution in [1.82, 2.24) is 0 Å². The van der Waals surface area contributed by atoms with Crippen LogP contribution in [-0.2, 0) is 10.9 Å². The summed E-state index contributed by atoms with van der Waals surface area (Å²) in [6, 6.07) is 5.79. The number of ether oxygens (including phenoxy) is 1. The van der Waals surface area contributed by atoms with Gasteiger partial charge in [-0.1, -0.05) is 18.2 Å². The lowest BCUT2D eigenvalue weighted by Crippen LogP contribution is -2.33. The molecule has 4 atom stereocenters. The largest absolute Gasteiger partial charge is 0.416 e. The van der Waals surface area contributed by atoms with Gasteiger partial charge < -0.3 is 4.74 Å². The van der Waals surface area contributed by atoms with E-state index in [1.807, 2.05) is 0 Å². The quantitative estimate of drug-likeness (QED) is 0.615. The summed E-state index contributed by atoms with van der Waals surface area (Å²) in [5.41, 5.74) is 0.506. The fraction of sp³-hybridized carbons (Fsp3) is 0.600. The first-order valence-corrected chi connectivity index (χ1v) is 8.87. The highest BCUT2D eigenvalue weighted by Gasteiger charge is 2.36. The van der Waals surface area contributed by atoms with Crippen LogP contribution in [0, 0.1) is 11.8 Å². The van der Waals surface area contributed by atoms with E-state index in [0.29, 0.717) is 30.5 Å². The van der Waals surface area contributed by atoms with Gasteiger partial charge in [0.1, 0.15) is 0 Å². The summed E-state index contributed by atoms with van der Waals surface area (Å²) in [5.74, 6) is 1.80. The summed E-state index contributed by atoms with van der Waals surface area (Å²) >= 11 is 0. The predicted octanol–water partition coefficient (Wildman–Crippen LogP) is 5.96. The highest BCUT2D eigenvalue weighted by atomic mass is 19.4. The predicted molar refractivity (Wildman–Crippen MR) is 88.8 cm³/mol. The van der Waals surface area contributed by atoms with Gasteiger partial charge in [0.15, 0.2) is 0 Å². The zero-order valence-corrected chi connectivity index (χ0v) is 13.9. The zero-order chi connectivity index (χ0) is 17.2. The molecule has 2 aliphatic carbocycles. The summed E-state index contributed by atoms with van der Waals surface area (Å²) in [6.07, 6.45) is 4.62. The Morgan fingerprint density at radius 2 is 1.67 bits per heavy atom. The minimum atomic E-state index is -4.25. The lowest BCUT2D eigenvalue weighted by molar-refractivity contribution is -0.137. The molecule has 24 heavy (non-hydrogen) atoms. The van der Waals surface area contributed by atoms with Crippen molar-refractivity contribution in [3.05, 3.63) is 48.0 Å². The van der Waals surface area contributed by atoms with E-state index >= 15 is 0 Å². The Morgan fingerprint density at radius 1 is 1.00 bits per heavy atom. The first kappa shape index (κ1) is 17.5. The third kappa shape index (κ3) is 4.02. The summed E-state index contributed by atoms with van der Waals surface area (Å²) in [4.78, 5) is 0. The lowest BCUT2D eigenvalue weighted by Gasteiger charge is -2.42. The van der Waals surface area contributed by atoms with Crippen LogP contribution in [0.25, 0.3) is 0 Å². The van der Waals surface area contributed by atoms with E-state index in [2.05, 4.69) is 6.58 Å². The van der Waals surface area contributed by atoms with E-state index in [0.717, 1.165) is 37.7 Å². The van der Waals surface area contributed by atoms with Crippen molar-refractivity contribution in [2.75, 3.05) is 6.61 Å². The van der Waals surface area contributed by atoms with Crippen molar-refractivity contribution in [2.45, 2.75) is 56.7 Å². The molecular formula is C20H25F3O. The van der Waals surface area contributed by atoms with Crippen LogP contribution in [0.3, 0.4) is 0 Å².